The van der Waals surface area contributed by atoms with Crippen LogP contribution in [-0.2, 0) is 11.3 Å². The van der Waals surface area contributed by atoms with E-state index in [2.05, 4.69) is 0 Å². The van der Waals surface area contributed by atoms with Crippen LogP contribution in [0.15, 0.2) is 91.0 Å². The molecular formula is C29H22ClNO7. The maximum Gasteiger partial charge on any atom is 0.338 e. The summed E-state index contributed by atoms with van der Waals surface area (Å²) < 4.78 is 16.5. The van der Waals surface area contributed by atoms with Gasteiger partial charge in [0.25, 0.3) is 0 Å². The molecule has 0 amide bonds. The summed E-state index contributed by atoms with van der Waals surface area (Å²) in [6.07, 6.45) is 0. The van der Waals surface area contributed by atoms with Crippen LogP contribution in [0.25, 0.3) is 0 Å². The van der Waals surface area contributed by atoms with Crippen molar-refractivity contribution < 1.29 is 28.7 Å². The zero-order valence-electron chi connectivity index (χ0n) is 20.3. The fourth-order valence-electron chi connectivity index (χ4n) is 3.40. The molecule has 4 rings (SSSR count). The summed E-state index contributed by atoms with van der Waals surface area (Å²) in [5.74, 6) is -0.143. The first-order valence-electron chi connectivity index (χ1n) is 11.5. The highest BCUT2D eigenvalue weighted by atomic mass is 35.5. The zero-order chi connectivity index (χ0) is 27.1. The zero-order valence-corrected chi connectivity index (χ0v) is 21.0. The number of esters is 1. The summed E-state index contributed by atoms with van der Waals surface area (Å²) >= 11 is 6.04. The van der Waals surface area contributed by atoms with Crippen LogP contribution in [0.4, 0.5) is 5.69 Å². The van der Waals surface area contributed by atoms with Crippen LogP contribution in [0.2, 0.25) is 5.02 Å². The Balaban J connectivity index is 1.29. The van der Waals surface area contributed by atoms with Crippen molar-refractivity contribution in [2.75, 3.05) is 6.61 Å². The predicted molar refractivity (Wildman–Crippen MR) is 141 cm³/mol. The molecule has 8 nitrogen and oxygen atoms in total. The summed E-state index contributed by atoms with van der Waals surface area (Å²) in [5, 5.41) is 11.3. The number of halogens is 1. The minimum atomic E-state index is -0.629. The van der Waals surface area contributed by atoms with Crippen molar-refractivity contribution in [1.82, 2.24) is 0 Å². The highest BCUT2D eigenvalue weighted by Gasteiger charge is 2.19. The van der Waals surface area contributed by atoms with E-state index >= 15 is 0 Å². The van der Waals surface area contributed by atoms with Crippen molar-refractivity contribution in [3.63, 3.8) is 0 Å². The van der Waals surface area contributed by atoms with Crippen molar-refractivity contribution >= 4 is 29.0 Å². The number of carbonyl (C=O) groups excluding carboxylic acids is 2. The highest BCUT2D eigenvalue weighted by molar-refractivity contribution is 6.32. The second-order valence-corrected chi connectivity index (χ2v) is 8.68. The average Bonchev–Trinajstić information content (AvgIpc) is 2.93. The lowest BCUT2D eigenvalue weighted by atomic mass is 10.1. The molecule has 0 radical (unpaired) electrons. The molecule has 0 N–H and O–H groups in total. The lowest BCUT2D eigenvalue weighted by molar-refractivity contribution is -0.385. The van der Waals surface area contributed by atoms with Crippen molar-refractivity contribution in [3.05, 3.63) is 128 Å². The van der Waals surface area contributed by atoms with Gasteiger partial charge >= 0.3 is 11.7 Å². The van der Waals surface area contributed by atoms with Crippen LogP contribution in [0, 0.1) is 17.0 Å². The maximum atomic E-state index is 12.5. The predicted octanol–water partition coefficient (Wildman–Crippen LogP) is 6.97. The third kappa shape index (κ3) is 6.74. The van der Waals surface area contributed by atoms with E-state index < -0.39 is 23.3 Å². The van der Waals surface area contributed by atoms with E-state index in [0.29, 0.717) is 12.2 Å². The number of rotatable bonds is 10. The minimum absolute atomic E-state index is 0.0816. The third-order valence-electron chi connectivity index (χ3n) is 5.49. The minimum Gasteiger partial charge on any atom is -0.489 e. The van der Waals surface area contributed by atoms with Gasteiger partial charge in [-0.15, -0.1) is 0 Å². The number of ketones is 1. The Hall–Kier alpha value is -4.69. The average molecular weight is 532 g/mol. The van der Waals surface area contributed by atoms with Crippen molar-refractivity contribution in [3.8, 4) is 17.2 Å². The topological polar surface area (TPSA) is 105 Å². The number of ether oxygens (including phenoxy) is 3. The molecular weight excluding hydrogens is 510 g/mol. The van der Waals surface area contributed by atoms with Gasteiger partial charge in [0.1, 0.15) is 18.1 Å². The standard InChI is InChI=1S/C29H22ClNO7/c1-19-5-13-23(14-6-19)36-17-20-7-9-22(10-8-20)29(33)37-18-27(32)21-11-15-24(16-12-21)38-28-25(30)3-2-4-26(28)31(34)35/h2-16H,17-18H2,1H3. The molecule has 0 unspecified atom stereocenters. The molecule has 4 aromatic rings. The molecule has 0 aliphatic heterocycles. The Bertz CT molecular complexity index is 1450. The van der Waals surface area contributed by atoms with Crippen LogP contribution >= 0.6 is 11.6 Å². The number of carbonyl (C=O) groups is 2. The fraction of sp³-hybridized carbons (Fsp3) is 0.103. The molecule has 0 aliphatic carbocycles. The fourth-order valence-corrected chi connectivity index (χ4v) is 3.61. The van der Waals surface area contributed by atoms with E-state index in [-0.39, 0.29) is 27.8 Å². The number of aryl methyl sites for hydroxylation is 1. The highest BCUT2D eigenvalue weighted by Crippen LogP contribution is 2.37. The molecule has 4 aromatic carbocycles. The molecule has 0 atom stereocenters. The molecule has 0 bridgehead atoms. The number of para-hydroxylation sites is 1. The van der Waals surface area contributed by atoms with E-state index in [1.54, 1.807) is 24.3 Å². The van der Waals surface area contributed by atoms with E-state index in [4.69, 9.17) is 25.8 Å². The summed E-state index contributed by atoms with van der Waals surface area (Å²) in [7, 11) is 0. The van der Waals surface area contributed by atoms with Crippen LogP contribution < -0.4 is 9.47 Å². The van der Waals surface area contributed by atoms with Gasteiger partial charge in [0.15, 0.2) is 12.4 Å². The second-order valence-electron chi connectivity index (χ2n) is 8.27. The number of nitro benzene ring substituents is 1. The van der Waals surface area contributed by atoms with Crippen molar-refractivity contribution in [2.24, 2.45) is 0 Å². The monoisotopic (exact) mass is 531 g/mol. The Morgan fingerprint density at radius 2 is 1.47 bits per heavy atom. The van der Waals surface area contributed by atoms with E-state index in [0.717, 1.165) is 16.9 Å². The first-order chi connectivity index (χ1) is 18.3. The van der Waals surface area contributed by atoms with E-state index in [9.17, 15) is 19.7 Å². The van der Waals surface area contributed by atoms with Gasteiger partial charge in [0.2, 0.25) is 5.75 Å². The summed E-state index contributed by atoms with van der Waals surface area (Å²) in [6.45, 7) is 1.90. The van der Waals surface area contributed by atoms with Gasteiger partial charge in [-0.3, -0.25) is 14.9 Å². The summed E-state index contributed by atoms with van der Waals surface area (Å²) in [6, 6.07) is 24.5. The number of nitro groups is 1. The van der Waals surface area contributed by atoms with Gasteiger partial charge in [-0.2, -0.15) is 0 Å². The van der Waals surface area contributed by atoms with Gasteiger partial charge < -0.3 is 14.2 Å². The normalized spacial score (nSPS) is 10.5. The largest absolute Gasteiger partial charge is 0.489 e. The molecule has 0 heterocycles. The van der Waals surface area contributed by atoms with Crippen LogP contribution in [0.1, 0.15) is 31.8 Å². The first-order valence-corrected chi connectivity index (χ1v) is 11.9. The Labute approximate surface area is 223 Å². The molecule has 0 saturated carbocycles. The van der Waals surface area contributed by atoms with Crippen LogP contribution in [0.5, 0.6) is 17.2 Å². The number of hydrogen-bond acceptors (Lipinski definition) is 7. The van der Waals surface area contributed by atoms with Gasteiger partial charge in [0.05, 0.1) is 15.5 Å². The maximum absolute atomic E-state index is 12.5. The number of hydrogen-bond donors (Lipinski definition) is 0. The smallest absolute Gasteiger partial charge is 0.338 e. The first kappa shape index (κ1) is 26.4. The number of Topliss-reactive ketones (excluding diaryl/α,β-unsaturated/α-hetero) is 1. The summed E-state index contributed by atoms with van der Waals surface area (Å²) in [5.41, 5.74) is 2.33. The molecule has 192 valence electrons. The lowest BCUT2D eigenvalue weighted by Gasteiger charge is -2.09. The lowest BCUT2D eigenvalue weighted by Crippen LogP contribution is -2.14. The van der Waals surface area contributed by atoms with Gasteiger partial charge in [-0.25, -0.2) is 4.79 Å². The van der Waals surface area contributed by atoms with Crippen molar-refractivity contribution in [2.45, 2.75) is 13.5 Å². The van der Waals surface area contributed by atoms with E-state index in [1.165, 1.54) is 42.5 Å². The number of nitrogens with zero attached hydrogens (tertiary/aromatic N) is 1. The van der Waals surface area contributed by atoms with Gasteiger partial charge in [-0.1, -0.05) is 47.5 Å². The third-order valence-corrected chi connectivity index (χ3v) is 5.79. The van der Waals surface area contributed by atoms with Crippen molar-refractivity contribution in [1.29, 1.82) is 0 Å². The molecule has 0 aromatic heterocycles. The summed E-state index contributed by atoms with van der Waals surface area (Å²) in [4.78, 5) is 35.5. The molecule has 0 saturated heterocycles. The number of benzene rings is 4. The second kappa shape index (κ2) is 12.0. The SMILES string of the molecule is Cc1ccc(OCc2ccc(C(=O)OCC(=O)c3ccc(Oc4c(Cl)cccc4[N+](=O)[O-])cc3)cc2)cc1. The van der Waals surface area contributed by atoms with Gasteiger partial charge in [-0.05, 0) is 67.1 Å². The van der Waals surface area contributed by atoms with Gasteiger partial charge in [0, 0.05) is 11.6 Å². The molecule has 0 fully saturated rings. The molecule has 0 aliphatic rings. The molecule has 9 heteroatoms. The molecule has 0 spiro atoms. The molecule has 38 heavy (non-hydrogen) atoms. The Morgan fingerprint density at radius 3 is 2.13 bits per heavy atom. The van der Waals surface area contributed by atoms with E-state index in [1.807, 2.05) is 31.2 Å². The Morgan fingerprint density at radius 1 is 0.842 bits per heavy atom. The van der Waals surface area contributed by atoms with Crippen LogP contribution in [0.3, 0.4) is 0 Å². The Kier molecular flexibility index (Phi) is 8.35. The quantitative estimate of drug-likeness (QED) is 0.0941. The van der Waals surface area contributed by atoms with Crippen LogP contribution in [-0.4, -0.2) is 23.3 Å².